The third-order valence-electron chi connectivity index (χ3n) is 3.78. The van der Waals surface area contributed by atoms with Gasteiger partial charge in [0.15, 0.2) is 0 Å². The maximum absolute atomic E-state index is 13.0. The van der Waals surface area contributed by atoms with Gasteiger partial charge in [-0.05, 0) is 42.9 Å². The Balaban J connectivity index is 1.93. The van der Waals surface area contributed by atoms with Crippen LogP contribution in [-0.2, 0) is 6.42 Å². The summed E-state index contributed by atoms with van der Waals surface area (Å²) < 4.78 is 13.0. The van der Waals surface area contributed by atoms with Gasteiger partial charge in [-0.1, -0.05) is 37.8 Å². The molecular formula is C15H21FO. The fourth-order valence-electron chi connectivity index (χ4n) is 2.77. The average molecular weight is 236 g/mol. The second-order valence-corrected chi connectivity index (χ2v) is 5.15. The summed E-state index contributed by atoms with van der Waals surface area (Å²) in [4.78, 5) is 0. The number of hydrogen-bond donors (Lipinski definition) is 1. The van der Waals surface area contributed by atoms with E-state index < -0.39 is 0 Å². The Morgan fingerprint density at radius 3 is 2.53 bits per heavy atom. The zero-order valence-corrected chi connectivity index (χ0v) is 10.2. The van der Waals surface area contributed by atoms with E-state index in [1.165, 1.54) is 37.8 Å². The van der Waals surface area contributed by atoms with Crippen molar-refractivity contribution in [2.45, 2.75) is 51.0 Å². The standard InChI is InChI=1S/C15H21FO/c16-14-9-5-6-12(10-14)11-15(17)13-7-3-1-2-4-8-13/h5-6,9-10,13,15,17H,1-4,7-8,11H2. The molecule has 0 bridgehead atoms. The zero-order valence-electron chi connectivity index (χ0n) is 10.2. The molecule has 1 aliphatic carbocycles. The van der Waals surface area contributed by atoms with Crippen molar-refractivity contribution in [3.63, 3.8) is 0 Å². The molecule has 94 valence electrons. The molecule has 1 atom stereocenters. The molecule has 1 unspecified atom stereocenters. The van der Waals surface area contributed by atoms with E-state index in [0.717, 1.165) is 18.4 Å². The first-order valence-corrected chi connectivity index (χ1v) is 6.68. The topological polar surface area (TPSA) is 20.2 Å². The number of hydrogen-bond acceptors (Lipinski definition) is 1. The molecule has 2 heteroatoms. The van der Waals surface area contributed by atoms with Crippen LogP contribution in [0.4, 0.5) is 4.39 Å². The van der Waals surface area contributed by atoms with Gasteiger partial charge in [0.05, 0.1) is 6.10 Å². The van der Waals surface area contributed by atoms with E-state index in [1.54, 1.807) is 6.07 Å². The molecular weight excluding hydrogens is 215 g/mol. The van der Waals surface area contributed by atoms with Gasteiger partial charge in [-0.3, -0.25) is 0 Å². The number of rotatable bonds is 3. The Labute approximate surface area is 103 Å². The number of aliphatic hydroxyl groups is 1. The molecule has 1 N–H and O–H groups in total. The summed E-state index contributed by atoms with van der Waals surface area (Å²) >= 11 is 0. The SMILES string of the molecule is OC(Cc1cccc(F)c1)C1CCCCCC1. The monoisotopic (exact) mass is 236 g/mol. The molecule has 0 spiro atoms. The predicted molar refractivity (Wildman–Crippen MR) is 67.3 cm³/mol. The highest BCUT2D eigenvalue weighted by Gasteiger charge is 2.20. The normalized spacial score (nSPS) is 19.9. The summed E-state index contributed by atoms with van der Waals surface area (Å²) in [5, 5.41) is 10.2. The van der Waals surface area contributed by atoms with Crippen molar-refractivity contribution in [3.05, 3.63) is 35.6 Å². The largest absolute Gasteiger partial charge is 0.392 e. The van der Waals surface area contributed by atoms with E-state index in [1.807, 2.05) is 6.07 Å². The maximum Gasteiger partial charge on any atom is 0.123 e. The van der Waals surface area contributed by atoms with Crippen LogP contribution in [0, 0.1) is 11.7 Å². The van der Waals surface area contributed by atoms with Gasteiger partial charge in [-0.25, -0.2) is 4.39 Å². The summed E-state index contributed by atoms with van der Waals surface area (Å²) in [6.07, 6.45) is 7.56. The highest BCUT2D eigenvalue weighted by Crippen LogP contribution is 2.27. The molecule has 2 rings (SSSR count). The van der Waals surface area contributed by atoms with Gasteiger partial charge < -0.3 is 5.11 Å². The van der Waals surface area contributed by atoms with Crippen molar-refractivity contribution in [1.29, 1.82) is 0 Å². The van der Waals surface area contributed by atoms with E-state index in [2.05, 4.69) is 0 Å². The summed E-state index contributed by atoms with van der Waals surface area (Å²) in [5.74, 6) is 0.191. The second kappa shape index (κ2) is 6.15. The lowest BCUT2D eigenvalue weighted by Crippen LogP contribution is -2.22. The summed E-state index contributed by atoms with van der Waals surface area (Å²) in [6.45, 7) is 0. The van der Waals surface area contributed by atoms with Crippen molar-refractivity contribution in [1.82, 2.24) is 0 Å². The second-order valence-electron chi connectivity index (χ2n) is 5.15. The first-order valence-electron chi connectivity index (χ1n) is 6.68. The Morgan fingerprint density at radius 2 is 1.88 bits per heavy atom. The van der Waals surface area contributed by atoms with E-state index in [4.69, 9.17) is 0 Å². The van der Waals surface area contributed by atoms with Crippen LogP contribution < -0.4 is 0 Å². The maximum atomic E-state index is 13.0. The molecule has 1 aromatic rings. The van der Waals surface area contributed by atoms with Crippen molar-refractivity contribution in [3.8, 4) is 0 Å². The molecule has 0 aromatic heterocycles. The van der Waals surface area contributed by atoms with Crippen molar-refractivity contribution in [2.75, 3.05) is 0 Å². The first kappa shape index (κ1) is 12.6. The van der Waals surface area contributed by atoms with Gasteiger partial charge in [-0.2, -0.15) is 0 Å². The Hall–Kier alpha value is -0.890. The Kier molecular flexibility index (Phi) is 4.55. The minimum atomic E-state index is -0.310. The molecule has 0 saturated heterocycles. The fraction of sp³-hybridized carbons (Fsp3) is 0.600. The van der Waals surface area contributed by atoms with Crippen LogP contribution in [-0.4, -0.2) is 11.2 Å². The smallest absolute Gasteiger partial charge is 0.123 e. The minimum Gasteiger partial charge on any atom is -0.392 e. The lowest BCUT2D eigenvalue weighted by molar-refractivity contribution is 0.0985. The molecule has 1 aromatic carbocycles. The molecule has 1 fully saturated rings. The molecule has 1 nitrogen and oxygen atoms in total. The van der Waals surface area contributed by atoms with Gasteiger partial charge in [0, 0.05) is 0 Å². The lowest BCUT2D eigenvalue weighted by Gasteiger charge is -2.21. The van der Waals surface area contributed by atoms with Crippen molar-refractivity contribution < 1.29 is 9.50 Å². The van der Waals surface area contributed by atoms with Crippen molar-refractivity contribution in [2.24, 2.45) is 5.92 Å². The van der Waals surface area contributed by atoms with Gasteiger partial charge >= 0.3 is 0 Å². The van der Waals surface area contributed by atoms with Crippen LogP contribution >= 0.6 is 0 Å². The molecule has 0 aliphatic heterocycles. The Bertz CT molecular complexity index is 343. The fourth-order valence-corrected chi connectivity index (χ4v) is 2.77. The highest BCUT2D eigenvalue weighted by atomic mass is 19.1. The summed E-state index contributed by atoms with van der Waals surface area (Å²) in [6, 6.07) is 6.58. The average Bonchev–Trinajstić information content (AvgIpc) is 2.57. The van der Waals surface area contributed by atoms with Gasteiger partial charge in [0.2, 0.25) is 0 Å². The van der Waals surface area contributed by atoms with E-state index in [-0.39, 0.29) is 11.9 Å². The van der Waals surface area contributed by atoms with Gasteiger partial charge in [0.25, 0.3) is 0 Å². The number of halogens is 1. The summed E-state index contributed by atoms with van der Waals surface area (Å²) in [5.41, 5.74) is 0.904. The van der Waals surface area contributed by atoms with Crippen LogP contribution in [0.3, 0.4) is 0 Å². The van der Waals surface area contributed by atoms with Crippen LogP contribution in [0.1, 0.15) is 44.1 Å². The molecule has 0 radical (unpaired) electrons. The summed E-state index contributed by atoms with van der Waals surface area (Å²) in [7, 11) is 0. The number of benzene rings is 1. The quantitative estimate of drug-likeness (QED) is 0.793. The molecule has 17 heavy (non-hydrogen) atoms. The van der Waals surface area contributed by atoms with Crippen LogP contribution in [0.5, 0.6) is 0 Å². The van der Waals surface area contributed by atoms with E-state index in [9.17, 15) is 9.50 Å². The minimum absolute atomic E-state index is 0.212. The first-order chi connectivity index (χ1) is 8.25. The van der Waals surface area contributed by atoms with Crippen LogP contribution in [0.15, 0.2) is 24.3 Å². The van der Waals surface area contributed by atoms with Crippen LogP contribution in [0.25, 0.3) is 0 Å². The number of aliphatic hydroxyl groups excluding tert-OH is 1. The highest BCUT2D eigenvalue weighted by molar-refractivity contribution is 5.17. The Morgan fingerprint density at radius 1 is 1.18 bits per heavy atom. The molecule has 0 heterocycles. The van der Waals surface area contributed by atoms with E-state index in [0.29, 0.717) is 12.3 Å². The van der Waals surface area contributed by atoms with E-state index >= 15 is 0 Å². The van der Waals surface area contributed by atoms with Gasteiger partial charge in [-0.15, -0.1) is 0 Å². The predicted octanol–water partition coefficient (Wildman–Crippen LogP) is 3.70. The van der Waals surface area contributed by atoms with Gasteiger partial charge in [0.1, 0.15) is 5.82 Å². The molecule has 1 saturated carbocycles. The molecule has 0 amide bonds. The molecule has 1 aliphatic rings. The lowest BCUT2D eigenvalue weighted by atomic mass is 9.90. The zero-order chi connectivity index (χ0) is 12.1. The van der Waals surface area contributed by atoms with Crippen LogP contribution in [0.2, 0.25) is 0 Å². The third kappa shape index (κ3) is 3.81. The third-order valence-corrected chi connectivity index (χ3v) is 3.78. The van der Waals surface area contributed by atoms with Crippen molar-refractivity contribution >= 4 is 0 Å².